The summed E-state index contributed by atoms with van der Waals surface area (Å²) in [7, 11) is 1.82. The first-order chi connectivity index (χ1) is 3.91. The van der Waals surface area contributed by atoms with Crippen LogP contribution in [0.4, 0.5) is 0 Å². The molecule has 0 atom stereocenters. The van der Waals surface area contributed by atoms with E-state index < -0.39 is 0 Å². The molecule has 0 heterocycles. The maximum atomic E-state index is 5.20. The van der Waals surface area contributed by atoms with Crippen molar-refractivity contribution in [3.63, 3.8) is 0 Å². The first-order valence-corrected chi connectivity index (χ1v) is 2.72. The van der Waals surface area contributed by atoms with Crippen LogP contribution in [0.15, 0.2) is 0 Å². The summed E-state index contributed by atoms with van der Waals surface area (Å²) in [6, 6.07) is 0. The molecular weight excluding hydrogens is 104 g/mol. The van der Waals surface area contributed by atoms with Crippen molar-refractivity contribution >= 4 is 0 Å². The van der Waals surface area contributed by atoms with Crippen LogP contribution in [0.5, 0.6) is 0 Å². The van der Waals surface area contributed by atoms with Gasteiger partial charge in [0, 0.05) is 13.1 Å². The minimum Gasteiger partial charge on any atom is -0.329 e. The molecule has 0 amide bonds. The third-order valence-electron chi connectivity index (χ3n) is 0.711. The Labute approximate surface area is 49.8 Å². The summed E-state index contributed by atoms with van der Waals surface area (Å²) in [6.07, 6.45) is 0. The monoisotopic (exact) mass is 118 g/mol. The van der Waals surface area contributed by atoms with Crippen LogP contribution in [0.25, 0.3) is 0 Å². The number of hydrogen-bond acceptors (Lipinski definition) is 4. The van der Waals surface area contributed by atoms with Gasteiger partial charge in [-0.2, -0.15) is 0 Å². The molecule has 0 aromatic heterocycles. The standard InChI is InChI=1S/C4H14N4/c1-6-8-4-7-3-2-5/h6-8H,2-5H2,1H3. The third kappa shape index (κ3) is 5.84. The maximum absolute atomic E-state index is 5.20. The fourth-order valence-corrected chi connectivity index (χ4v) is 0.341. The van der Waals surface area contributed by atoms with Crippen molar-refractivity contribution in [1.29, 1.82) is 0 Å². The lowest BCUT2D eigenvalue weighted by atomic mass is 10.7. The zero-order chi connectivity index (χ0) is 6.24. The molecule has 0 unspecified atom stereocenters. The second-order valence-electron chi connectivity index (χ2n) is 1.39. The van der Waals surface area contributed by atoms with E-state index >= 15 is 0 Å². The summed E-state index contributed by atoms with van der Waals surface area (Å²) in [6.45, 7) is 2.30. The predicted molar refractivity (Wildman–Crippen MR) is 34.1 cm³/mol. The van der Waals surface area contributed by atoms with Crippen LogP contribution < -0.4 is 21.9 Å². The lowest BCUT2D eigenvalue weighted by Gasteiger charge is -2.01. The minimum absolute atomic E-state index is 0.686. The van der Waals surface area contributed by atoms with E-state index in [1.165, 1.54) is 0 Å². The summed E-state index contributed by atoms with van der Waals surface area (Å²) >= 11 is 0. The molecule has 0 spiro atoms. The van der Waals surface area contributed by atoms with Crippen molar-refractivity contribution in [2.45, 2.75) is 0 Å². The van der Waals surface area contributed by atoms with Crippen LogP contribution in [0.3, 0.4) is 0 Å². The SMILES string of the molecule is CNNCNCCN. The molecule has 0 bridgehead atoms. The summed E-state index contributed by atoms with van der Waals surface area (Å²) < 4.78 is 0. The number of nitrogens with one attached hydrogen (secondary N) is 3. The normalized spacial score (nSPS) is 9.75. The number of rotatable bonds is 5. The Kier molecular flexibility index (Phi) is 6.70. The third-order valence-corrected chi connectivity index (χ3v) is 0.711. The second kappa shape index (κ2) is 6.84. The molecule has 5 N–H and O–H groups in total. The molecular formula is C4H14N4. The molecule has 0 radical (unpaired) electrons. The molecule has 0 fully saturated rings. The second-order valence-corrected chi connectivity index (χ2v) is 1.39. The molecule has 0 aromatic rings. The molecule has 4 heteroatoms. The van der Waals surface area contributed by atoms with Gasteiger partial charge in [-0.15, -0.1) is 0 Å². The minimum atomic E-state index is 0.686. The van der Waals surface area contributed by atoms with Crippen LogP contribution in [-0.2, 0) is 0 Å². The highest BCUT2D eigenvalue weighted by Crippen LogP contribution is 1.46. The number of nitrogens with two attached hydrogens (primary N) is 1. The Balaban J connectivity index is 2.53. The lowest BCUT2D eigenvalue weighted by molar-refractivity contribution is 0.532. The molecule has 0 saturated heterocycles. The molecule has 8 heavy (non-hydrogen) atoms. The fraction of sp³-hybridized carbons (Fsp3) is 1.00. The molecule has 0 aromatic carbocycles. The Bertz CT molecular complexity index is 33.0. The lowest BCUT2D eigenvalue weighted by Crippen LogP contribution is -2.38. The van der Waals surface area contributed by atoms with Crippen LogP contribution >= 0.6 is 0 Å². The molecule has 0 saturated carbocycles. The summed E-state index contributed by atoms with van der Waals surface area (Å²) in [4.78, 5) is 0. The Morgan fingerprint density at radius 1 is 1.50 bits per heavy atom. The average Bonchev–Trinajstić information content (AvgIpc) is 1.81. The van der Waals surface area contributed by atoms with Crippen molar-refractivity contribution in [1.82, 2.24) is 16.2 Å². The average molecular weight is 118 g/mol. The van der Waals surface area contributed by atoms with Crippen molar-refractivity contribution < 1.29 is 0 Å². The Morgan fingerprint density at radius 3 is 2.75 bits per heavy atom. The molecule has 0 rings (SSSR count). The van der Waals surface area contributed by atoms with E-state index in [0.717, 1.165) is 13.2 Å². The van der Waals surface area contributed by atoms with Crippen molar-refractivity contribution in [3.05, 3.63) is 0 Å². The molecule has 4 nitrogen and oxygen atoms in total. The maximum Gasteiger partial charge on any atom is 0.0590 e. The van der Waals surface area contributed by atoms with Crippen LogP contribution in [0.1, 0.15) is 0 Å². The topological polar surface area (TPSA) is 62.1 Å². The van der Waals surface area contributed by atoms with Gasteiger partial charge < -0.3 is 11.1 Å². The smallest absolute Gasteiger partial charge is 0.0590 e. The number of hydrogen-bond donors (Lipinski definition) is 4. The van der Waals surface area contributed by atoms with Gasteiger partial charge in [0.15, 0.2) is 0 Å². The quantitative estimate of drug-likeness (QED) is 0.196. The predicted octanol–water partition coefficient (Wildman–Crippen LogP) is -1.78. The van der Waals surface area contributed by atoms with E-state index in [9.17, 15) is 0 Å². The van der Waals surface area contributed by atoms with Crippen LogP contribution in [0, 0.1) is 0 Å². The van der Waals surface area contributed by atoms with Crippen LogP contribution in [0.2, 0.25) is 0 Å². The van der Waals surface area contributed by atoms with E-state index in [0.29, 0.717) is 6.54 Å². The van der Waals surface area contributed by atoms with Gasteiger partial charge in [-0.1, -0.05) is 0 Å². The molecule has 0 aliphatic rings. The van der Waals surface area contributed by atoms with Crippen molar-refractivity contribution in [2.24, 2.45) is 5.73 Å². The van der Waals surface area contributed by atoms with E-state index in [-0.39, 0.29) is 0 Å². The summed E-state index contributed by atoms with van der Waals surface area (Å²) in [5, 5.41) is 3.04. The highest BCUT2D eigenvalue weighted by molar-refractivity contribution is 4.40. The van der Waals surface area contributed by atoms with Gasteiger partial charge in [0.25, 0.3) is 0 Å². The van der Waals surface area contributed by atoms with Crippen molar-refractivity contribution in [2.75, 3.05) is 26.8 Å². The highest BCUT2D eigenvalue weighted by atomic mass is 15.4. The van der Waals surface area contributed by atoms with E-state index in [4.69, 9.17) is 5.73 Å². The summed E-state index contributed by atoms with van der Waals surface area (Å²) in [5.41, 5.74) is 10.8. The first kappa shape index (κ1) is 7.84. The van der Waals surface area contributed by atoms with Crippen LogP contribution in [-0.4, -0.2) is 26.8 Å². The van der Waals surface area contributed by atoms with Gasteiger partial charge in [0.2, 0.25) is 0 Å². The molecule has 0 aliphatic carbocycles. The van der Waals surface area contributed by atoms with E-state index in [1.807, 2.05) is 7.05 Å². The fourth-order valence-electron chi connectivity index (χ4n) is 0.341. The van der Waals surface area contributed by atoms with E-state index in [2.05, 4.69) is 16.2 Å². The largest absolute Gasteiger partial charge is 0.329 e. The number of hydrazine groups is 1. The Morgan fingerprint density at radius 2 is 2.25 bits per heavy atom. The van der Waals surface area contributed by atoms with Gasteiger partial charge in [-0.25, -0.2) is 5.43 Å². The summed E-state index contributed by atoms with van der Waals surface area (Å²) in [5.74, 6) is 0. The van der Waals surface area contributed by atoms with Gasteiger partial charge >= 0.3 is 0 Å². The zero-order valence-electron chi connectivity index (χ0n) is 5.20. The molecule has 50 valence electrons. The highest BCUT2D eigenvalue weighted by Gasteiger charge is 1.77. The van der Waals surface area contributed by atoms with E-state index in [1.54, 1.807) is 0 Å². The zero-order valence-corrected chi connectivity index (χ0v) is 5.20. The van der Waals surface area contributed by atoms with Gasteiger partial charge in [0.1, 0.15) is 0 Å². The van der Waals surface area contributed by atoms with Crippen molar-refractivity contribution in [3.8, 4) is 0 Å². The van der Waals surface area contributed by atoms with Gasteiger partial charge in [-0.3, -0.25) is 5.43 Å². The molecule has 0 aliphatic heterocycles. The van der Waals surface area contributed by atoms with Gasteiger partial charge in [0.05, 0.1) is 6.67 Å². The first-order valence-electron chi connectivity index (χ1n) is 2.72. The van der Waals surface area contributed by atoms with Gasteiger partial charge in [-0.05, 0) is 7.05 Å². The Hall–Kier alpha value is -0.160.